The van der Waals surface area contributed by atoms with Crippen LogP contribution in [-0.2, 0) is 15.9 Å². The van der Waals surface area contributed by atoms with Crippen LogP contribution in [0.3, 0.4) is 0 Å². The van der Waals surface area contributed by atoms with E-state index < -0.39 is 15.9 Å². The van der Waals surface area contributed by atoms with Gasteiger partial charge in [0.2, 0.25) is 0 Å². The molecular weight excluding hydrogens is 595 g/mol. The van der Waals surface area contributed by atoms with E-state index in [0.29, 0.717) is 0 Å². The molecule has 1 atom stereocenters. The van der Waals surface area contributed by atoms with Crippen LogP contribution < -0.4 is 0 Å². The predicted octanol–water partition coefficient (Wildman–Crippen LogP) is 10.7. The molecular formula is C36H34Cl2Zr. The minimum absolute atomic E-state index is 0.00196. The van der Waals surface area contributed by atoms with Crippen molar-refractivity contribution in [1.82, 2.24) is 0 Å². The molecule has 3 heteroatoms. The van der Waals surface area contributed by atoms with Crippen molar-refractivity contribution in [1.29, 1.82) is 0 Å². The van der Waals surface area contributed by atoms with Gasteiger partial charge >= 0.3 is 242 Å². The van der Waals surface area contributed by atoms with Gasteiger partial charge in [-0.1, -0.05) is 0 Å². The van der Waals surface area contributed by atoms with Gasteiger partial charge in [-0.05, 0) is 0 Å². The first-order chi connectivity index (χ1) is 18.6. The predicted molar refractivity (Wildman–Crippen MR) is 167 cm³/mol. The molecule has 0 saturated carbocycles. The minimum atomic E-state index is -5.31. The summed E-state index contributed by atoms with van der Waals surface area (Å²) in [5.41, 5.74) is 9.82. The van der Waals surface area contributed by atoms with E-state index in [9.17, 15) is 0 Å². The molecule has 0 aromatic heterocycles. The van der Waals surface area contributed by atoms with E-state index in [2.05, 4.69) is 149 Å². The van der Waals surface area contributed by atoms with Crippen LogP contribution in [0.15, 0.2) is 132 Å². The van der Waals surface area contributed by atoms with Crippen LogP contribution in [0, 0.1) is 5.41 Å². The Bertz CT molecular complexity index is 1610. The van der Waals surface area contributed by atoms with Crippen molar-refractivity contribution in [3.63, 3.8) is 0 Å². The summed E-state index contributed by atoms with van der Waals surface area (Å²) >= 11 is -5.31. The maximum atomic E-state index is 8.66. The molecule has 0 heterocycles. The molecule has 1 unspecified atom stereocenters. The molecule has 0 nitrogen and oxygen atoms in total. The average Bonchev–Trinajstić information content (AvgIpc) is 3.50. The second-order valence-corrected chi connectivity index (χ2v) is 32.7. The molecule has 2 aliphatic rings. The fourth-order valence-electron chi connectivity index (χ4n) is 6.86. The number of allylic oxidation sites excluding steroid dienone is 4. The summed E-state index contributed by atoms with van der Waals surface area (Å²) in [6, 6.07) is 38.8. The number of fused-ring (bicyclic) bond motifs is 3. The molecule has 0 saturated heterocycles. The van der Waals surface area contributed by atoms with Gasteiger partial charge in [-0.25, -0.2) is 0 Å². The van der Waals surface area contributed by atoms with Gasteiger partial charge in [-0.2, -0.15) is 0 Å². The third-order valence-corrected chi connectivity index (χ3v) is 28.5. The fraction of sp³-hybridized carbons (Fsp3) is 0.194. The van der Waals surface area contributed by atoms with Crippen LogP contribution in [0.4, 0.5) is 0 Å². The zero-order valence-electron chi connectivity index (χ0n) is 23.0. The van der Waals surface area contributed by atoms with Gasteiger partial charge in [0.05, 0.1) is 0 Å². The Labute approximate surface area is 240 Å². The Morgan fingerprint density at radius 1 is 0.641 bits per heavy atom. The third-order valence-electron chi connectivity index (χ3n) is 8.62. The van der Waals surface area contributed by atoms with Crippen molar-refractivity contribution in [3.05, 3.63) is 155 Å². The van der Waals surface area contributed by atoms with Crippen LogP contribution in [0.2, 0.25) is 3.63 Å². The van der Waals surface area contributed by atoms with E-state index in [1.54, 1.807) is 0 Å². The zero-order valence-corrected chi connectivity index (χ0v) is 26.9. The van der Waals surface area contributed by atoms with Crippen LogP contribution in [-0.4, -0.2) is 3.21 Å². The Hall–Kier alpha value is -2.31. The first-order valence-corrected chi connectivity index (χ1v) is 24.1. The molecule has 4 aromatic carbocycles. The maximum absolute atomic E-state index is 8.66. The molecule has 2 aliphatic carbocycles. The van der Waals surface area contributed by atoms with Crippen LogP contribution in [0.5, 0.6) is 0 Å². The Balaban J connectivity index is 1.84. The van der Waals surface area contributed by atoms with E-state index in [1.807, 2.05) is 0 Å². The molecule has 0 radical (unpaired) electrons. The van der Waals surface area contributed by atoms with E-state index in [4.69, 9.17) is 17.0 Å². The van der Waals surface area contributed by atoms with Crippen LogP contribution >= 0.6 is 17.0 Å². The van der Waals surface area contributed by atoms with E-state index in [-0.39, 0.29) is 12.7 Å². The number of rotatable bonds is 4. The summed E-state index contributed by atoms with van der Waals surface area (Å²) in [6.45, 7) is 9.06. The van der Waals surface area contributed by atoms with Gasteiger partial charge in [0.1, 0.15) is 0 Å². The fourth-order valence-corrected chi connectivity index (χ4v) is 28.4. The van der Waals surface area contributed by atoms with E-state index in [1.165, 1.54) is 33.4 Å². The van der Waals surface area contributed by atoms with Gasteiger partial charge < -0.3 is 0 Å². The molecule has 6 rings (SSSR count). The van der Waals surface area contributed by atoms with Crippen molar-refractivity contribution in [2.45, 2.75) is 34.9 Å². The number of hydrogen-bond donors (Lipinski definition) is 0. The first-order valence-electron chi connectivity index (χ1n) is 13.7. The summed E-state index contributed by atoms with van der Waals surface area (Å²) in [6.07, 6.45) is 4.78. The summed E-state index contributed by atoms with van der Waals surface area (Å²) in [4.78, 5) is 0. The summed E-state index contributed by atoms with van der Waals surface area (Å²) < 4.78 is 0.992. The SMILES string of the molecule is CC1=CC(C(C)(C)C)=C[CH]1[Zr]([Cl])([Cl])(=[C](c1ccccc1)c1ccccc1)[CH]1c2ccccc2-c2ccccc21. The van der Waals surface area contributed by atoms with Crippen LogP contribution in [0.25, 0.3) is 11.1 Å². The number of halogens is 2. The van der Waals surface area contributed by atoms with E-state index >= 15 is 0 Å². The number of hydrogen-bond acceptors (Lipinski definition) is 0. The van der Waals surface area contributed by atoms with Gasteiger partial charge in [0.15, 0.2) is 0 Å². The van der Waals surface area contributed by atoms with E-state index in [0.717, 1.165) is 14.3 Å². The Kier molecular flexibility index (Phi) is 6.66. The molecule has 0 amide bonds. The first kappa shape index (κ1) is 26.9. The average molecular weight is 629 g/mol. The molecule has 39 heavy (non-hydrogen) atoms. The molecule has 0 fully saturated rings. The van der Waals surface area contributed by atoms with Gasteiger partial charge in [0, 0.05) is 0 Å². The van der Waals surface area contributed by atoms with Crippen molar-refractivity contribution < 1.29 is 15.9 Å². The van der Waals surface area contributed by atoms with Crippen molar-refractivity contribution in [2.75, 3.05) is 0 Å². The Morgan fingerprint density at radius 3 is 1.51 bits per heavy atom. The molecule has 0 N–H and O–H groups in total. The monoisotopic (exact) mass is 626 g/mol. The van der Waals surface area contributed by atoms with Crippen molar-refractivity contribution in [2.24, 2.45) is 5.41 Å². The summed E-state index contributed by atoms with van der Waals surface area (Å²) in [5.74, 6) is 0. The van der Waals surface area contributed by atoms with Crippen LogP contribution in [0.1, 0.15) is 53.6 Å². The Morgan fingerprint density at radius 2 is 1.08 bits per heavy atom. The van der Waals surface area contributed by atoms with Crippen molar-refractivity contribution >= 4 is 20.2 Å². The second-order valence-electron chi connectivity index (χ2n) is 12.1. The molecule has 0 spiro atoms. The summed E-state index contributed by atoms with van der Waals surface area (Å²) in [5, 5.41) is 0. The third kappa shape index (κ3) is 4.25. The number of benzene rings is 4. The second kappa shape index (κ2) is 9.66. The van der Waals surface area contributed by atoms with Gasteiger partial charge in [-0.3, -0.25) is 0 Å². The topological polar surface area (TPSA) is 0 Å². The standard InChI is InChI=1S/C13H9.C13H10.C10H15.2ClH.Zr/c1-3-7-12-10(5-1)9-11-6-2-4-8-13(11)12;1-3-7-12(8-4-1)11-13-9-5-2-6-10-13;1-8-5-6-9(7-8)10(2,3)4;;;/h1-9H;1-10H;5-7H,1-4H3;2*1H;/q;;;;;+2/p-2. The summed E-state index contributed by atoms with van der Waals surface area (Å²) in [7, 11) is 17.3. The molecule has 0 bridgehead atoms. The molecule has 4 aromatic rings. The molecule has 196 valence electrons. The quantitative estimate of drug-likeness (QED) is 0.211. The zero-order chi connectivity index (χ0) is 27.4. The van der Waals surface area contributed by atoms with Gasteiger partial charge in [-0.15, -0.1) is 0 Å². The normalized spacial score (nSPS) is 17.4. The van der Waals surface area contributed by atoms with Crippen molar-refractivity contribution in [3.8, 4) is 11.1 Å². The molecule has 0 aliphatic heterocycles. The van der Waals surface area contributed by atoms with Gasteiger partial charge in [0.25, 0.3) is 0 Å².